The molecule has 6 nitrogen and oxygen atoms in total. The first kappa shape index (κ1) is 25.4. The minimum absolute atomic E-state index is 0.424. The molecule has 0 aromatic heterocycles. The monoisotopic (exact) mass is 355 g/mol. The zero-order valence-corrected chi connectivity index (χ0v) is 17.7. The van der Waals surface area contributed by atoms with E-state index in [2.05, 4.69) is 6.92 Å². The van der Waals surface area contributed by atoms with Crippen molar-refractivity contribution < 1.29 is 24.6 Å². The van der Waals surface area contributed by atoms with Crippen molar-refractivity contribution in [1.29, 1.82) is 0 Å². The fourth-order valence-electron chi connectivity index (χ4n) is 1.96. The predicted molar refractivity (Wildman–Crippen MR) is 90.5 cm³/mol. The zero-order valence-electron chi connectivity index (χ0n) is 14.6. The number of carboxylic acid groups (broad SMARTS) is 2. The summed E-state index contributed by atoms with van der Waals surface area (Å²) in [5.41, 5.74) is 4.84. The molecule has 0 bridgehead atoms. The molecule has 0 aromatic carbocycles. The number of carbonyl (C=O) groups excluding carboxylic acids is 1. The van der Waals surface area contributed by atoms with Crippen LogP contribution in [0.2, 0.25) is 0 Å². The summed E-state index contributed by atoms with van der Waals surface area (Å²) >= 11 is 0.424. The third kappa shape index (κ3) is 24.6. The van der Waals surface area contributed by atoms with Gasteiger partial charge in [-0.15, -0.1) is 0 Å². The molecule has 130 valence electrons. The molecule has 1 unspecified atom stereocenters. The number of aliphatic carboxylic acids is 2. The van der Waals surface area contributed by atoms with Gasteiger partial charge in [-0.05, 0) is 0 Å². The number of rotatable bonds is 13. The molecule has 7 heteroatoms. The van der Waals surface area contributed by atoms with Gasteiger partial charge in [-0.1, -0.05) is 0 Å². The third-order valence-electron chi connectivity index (χ3n) is 3.34. The van der Waals surface area contributed by atoms with Crippen molar-refractivity contribution in [3.8, 4) is 0 Å². The molecule has 1 atom stereocenters. The van der Waals surface area contributed by atoms with E-state index in [-0.39, 0.29) is 0 Å². The van der Waals surface area contributed by atoms with Crippen LogP contribution < -0.4 is 5.73 Å². The van der Waals surface area contributed by atoms with Gasteiger partial charge in [0.2, 0.25) is 0 Å². The van der Waals surface area contributed by atoms with Gasteiger partial charge in [0.15, 0.2) is 0 Å². The van der Waals surface area contributed by atoms with Gasteiger partial charge in [0, 0.05) is 0 Å². The van der Waals surface area contributed by atoms with Crippen LogP contribution in [0.25, 0.3) is 0 Å². The van der Waals surface area contributed by atoms with Crippen LogP contribution in [0, 0.1) is 0 Å². The molecule has 0 aliphatic carbocycles. The summed E-state index contributed by atoms with van der Waals surface area (Å²) < 4.78 is 0.528. The zero-order chi connectivity index (χ0) is 18.1. The van der Waals surface area contributed by atoms with Gasteiger partial charge >= 0.3 is 137 Å². The van der Waals surface area contributed by atoms with Crippen molar-refractivity contribution in [3.05, 3.63) is 0 Å². The van der Waals surface area contributed by atoms with Crippen LogP contribution >= 0.6 is 0 Å². The maximum absolute atomic E-state index is 10.7. The van der Waals surface area contributed by atoms with Gasteiger partial charge in [0.25, 0.3) is 0 Å². The molecular weight excluding hydrogens is 325 g/mol. The molecular formula is C16H30KNO5. The Balaban J connectivity index is 0. The van der Waals surface area contributed by atoms with E-state index in [1.54, 1.807) is 0 Å². The second kappa shape index (κ2) is 18.5. The van der Waals surface area contributed by atoms with E-state index in [0.29, 0.717) is 48.8 Å². The molecule has 0 aliphatic rings. The summed E-state index contributed by atoms with van der Waals surface area (Å²) in [4.78, 5) is 30.4. The topological polar surface area (TPSA) is 118 Å². The summed E-state index contributed by atoms with van der Waals surface area (Å²) in [6, 6.07) is -1.29. The number of carbonyl (C=O) groups is 3. The molecule has 0 amide bonds. The van der Waals surface area contributed by atoms with E-state index in [1.165, 1.54) is 51.4 Å². The van der Waals surface area contributed by atoms with Crippen LogP contribution in [0.1, 0.15) is 77.6 Å². The van der Waals surface area contributed by atoms with Crippen LogP contribution in [0.15, 0.2) is 0 Å². The normalized spacial score (nSPS) is 11.3. The second-order valence-corrected chi connectivity index (χ2v) is 7.56. The van der Waals surface area contributed by atoms with E-state index in [4.69, 9.17) is 15.9 Å². The number of nitrogens with two attached hydrogens (primary N) is 1. The van der Waals surface area contributed by atoms with Crippen LogP contribution in [0.4, 0.5) is 0 Å². The summed E-state index contributed by atoms with van der Waals surface area (Å²) in [5.74, 6) is -2.50. The predicted octanol–water partition coefficient (Wildman–Crippen LogP) is 2.48. The molecule has 0 fully saturated rings. The molecule has 0 saturated heterocycles. The van der Waals surface area contributed by atoms with Crippen molar-refractivity contribution in [1.82, 2.24) is 0 Å². The Hall–Kier alpha value is 0.206. The van der Waals surface area contributed by atoms with Gasteiger partial charge in [0.1, 0.15) is 6.04 Å². The molecule has 0 heterocycles. The van der Waals surface area contributed by atoms with Crippen LogP contribution in [0.5, 0.6) is 0 Å². The summed E-state index contributed by atoms with van der Waals surface area (Å²) in [6.07, 6.45) is 12.4. The maximum Gasteiger partial charge on any atom is 0.321 e. The van der Waals surface area contributed by atoms with Crippen molar-refractivity contribution in [2.45, 2.75) is 83.6 Å². The van der Waals surface area contributed by atoms with Crippen molar-refractivity contribution in [2.24, 2.45) is 5.73 Å². The van der Waals surface area contributed by atoms with Crippen molar-refractivity contribution >= 4 is 60.8 Å². The average molecular weight is 356 g/mol. The summed E-state index contributed by atoms with van der Waals surface area (Å²) in [7, 11) is 0. The number of hydrogen-bond donors (Lipinski definition) is 3. The van der Waals surface area contributed by atoms with Crippen molar-refractivity contribution in [2.75, 3.05) is 0 Å². The Labute approximate surface area is 173 Å². The Bertz CT molecular complexity index is 336. The second-order valence-electron chi connectivity index (χ2n) is 5.82. The SMILES string of the molecule is CCCCCCCCCCC[C](=O)[K].NC(CC(=O)O)C(=O)O. The molecule has 0 spiro atoms. The fourth-order valence-corrected chi connectivity index (χ4v) is 2.51. The Kier molecular flexibility index (Phi) is 20.5. The van der Waals surface area contributed by atoms with E-state index in [0.717, 1.165) is 12.8 Å². The minimum Gasteiger partial charge on any atom is -0.481 e. The standard InChI is InChI=1S/C12H23O.C4H7NO4.K/c1-2-3-4-5-6-7-8-9-10-11-12-13;5-2(4(8)9)1-3(6)7;/h2-11H2,1H3;2H,1,5H2,(H,6,7)(H,8,9);. The van der Waals surface area contributed by atoms with E-state index >= 15 is 0 Å². The summed E-state index contributed by atoms with van der Waals surface area (Å²) in [5, 5.41) is 16.0. The van der Waals surface area contributed by atoms with Crippen LogP contribution in [-0.4, -0.2) is 77.0 Å². The Morgan fingerprint density at radius 2 is 1.35 bits per heavy atom. The molecule has 0 rings (SSSR count). The smallest absolute Gasteiger partial charge is 0.321 e. The molecule has 0 aliphatic heterocycles. The van der Waals surface area contributed by atoms with Gasteiger partial charge in [-0.25, -0.2) is 0 Å². The van der Waals surface area contributed by atoms with Gasteiger partial charge in [0.05, 0.1) is 6.42 Å². The summed E-state index contributed by atoms with van der Waals surface area (Å²) in [6.45, 7) is 2.26. The first-order chi connectivity index (χ1) is 10.8. The van der Waals surface area contributed by atoms with Gasteiger partial charge < -0.3 is 15.9 Å². The van der Waals surface area contributed by atoms with Crippen LogP contribution in [0.3, 0.4) is 0 Å². The van der Waals surface area contributed by atoms with Crippen LogP contribution in [-0.2, 0) is 14.4 Å². The maximum atomic E-state index is 10.7. The first-order valence-corrected chi connectivity index (χ1v) is 10.1. The average Bonchev–Trinajstić information content (AvgIpc) is 2.45. The van der Waals surface area contributed by atoms with Crippen molar-refractivity contribution in [3.63, 3.8) is 0 Å². The van der Waals surface area contributed by atoms with E-state index in [9.17, 15) is 14.4 Å². The van der Waals surface area contributed by atoms with E-state index in [1.807, 2.05) is 0 Å². The first-order valence-electron chi connectivity index (χ1n) is 8.50. The molecule has 4 N–H and O–H groups in total. The number of carboxylic acids is 2. The van der Waals surface area contributed by atoms with E-state index < -0.39 is 24.4 Å². The number of hydrogen-bond acceptors (Lipinski definition) is 4. The molecule has 0 saturated carbocycles. The van der Waals surface area contributed by atoms with Gasteiger partial charge in [-0.2, -0.15) is 0 Å². The molecule has 0 radical (unpaired) electrons. The minimum atomic E-state index is -1.29. The fraction of sp³-hybridized carbons (Fsp3) is 0.812. The third-order valence-corrected chi connectivity index (χ3v) is 4.12. The Morgan fingerprint density at radius 1 is 0.913 bits per heavy atom. The largest absolute Gasteiger partial charge is 0.481 e. The molecule has 0 aromatic rings. The Morgan fingerprint density at radius 3 is 1.65 bits per heavy atom. The molecule has 23 heavy (non-hydrogen) atoms. The number of unbranched alkanes of at least 4 members (excludes halogenated alkanes) is 8. The van der Waals surface area contributed by atoms with Gasteiger partial charge in [-0.3, -0.25) is 9.59 Å². The quantitative estimate of drug-likeness (QED) is 0.345.